The first-order chi connectivity index (χ1) is 13.1. The number of nitrogens with one attached hydrogen (secondary N) is 1. The lowest BCUT2D eigenvalue weighted by Crippen LogP contribution is -2.14. The highest BCUT2D eigenvalue weighted by Gasteiger charge is 2.15. The number of ketones is 1. The van der Waals surface area contributed by atoms with Gasteiger partial charge in [-0.1, -0.05) is 19.1 Å². The number of rotatable bonds is 8. The quantitative estimate of drug-likeness (QED) is 0.679. The van der Waals surface area contributed by atoms with Crippen LogP contribution in [0.4, 0.5) is 5.69 Å². The fourth-order valence-electron chi connectivity index (χ4n) is 3.42. The summed E-state index contributed by atoms with van der Waals surface area (Å²) in [5.74, 6) is 0.689. The molecule has 0 aromatic heterocycles. The number of amides is 1. The summed E-state index contributed by atoms with van der Waals surface area (Å²) in [7, 11) is 0. The Bertz CT molecular complexity index is 842. The van der Waals surface area contributed by atoms with Gasteiger partial charge in [0.2, 0.25) is 5.91 Å². The van der Waals surface area contributed by atoms with Crippen molar-refractivity contribution in [3.63, 3.8) is 0 Å². The van der Waals surface area contributed by atoms with Gasteiger partial charge in [-0.05, 0) is 73.6 Å². The Morgan fingerprint density at radius 2 is 1.85 bits per heavy atom. The van der Waals surface area contributed by atoms with Gasteiger partial charge < -0.3 is 10.1 Å². The number of Topliss-reactive ketones (excluding diaryl/α,β-unsaturated/α-hetero) is 1. The molecule has 2 aromatic carbocycles. The van der Waals surface area contributed by atoms with Crippen molar-refractivity contribution in [1.82, 2.24) is 0 Å². The molecule has 0 unspecified atom stereocenters. The molecular weight excluding hydrogens is 338 g/mol. The second-order valence-electron chi connectivity index (χ2n) is 7.13. The van der Waals surface area contributed by atoms with E-state index in [0.29, 0.717) is 6.61 Å². The van der Waals surface area contributed by atoms with Crippen molar-refractivity contribution in [2.45, 2.75) is 52.4 Å². The monoisotopic (exact) mass is 365 g/mol. The molecule has 27 heavy (non-hydrogen) atoms. The van der Waals surface area contributed by atoms with E-state index in [1.165, 1.54) is 11.1 Å². The van der Waals surface area contributed by atoms with Gasteiger partial charge in [-0.15, -0.1) is 0 Å². The van der Waals surface area contributed by atoms with Crippen molar-refractivity contribution in [2.24, 2.45) is 0 Å². The van der Waals surface area contributed by atoms with Gasteiger partial charge in [-0.25, -0.2) is 0 Å². The van der Waals surface area contributed by atoms with Gasteiger partial charge in [-0.3, -0.25) is 9.59 Å². The molecule has 142 valence electrons. The number of hydrogen-bond acceptors (Lipinski definition) is 3. The molecular formula is C23H27NO3. The van der Waals surface area contributed by atoms with Crippen molar-refractivity contribution in [3.8, 4) is 5.75 Å². The van der Waals surface area contributed by atoms with Crippen LogP contribution in [-0.4, -0.2) is 18.3 Å². The van der Waals surface area contributed by atoms with E-state index in [-0.39, 0.29) is 24.5 Å². The molecule has 0 saturated heterocycles. The third-order valence-corrected chi connectivity index (χ3v) is 4.94. The van der Waals surface area contributed by atoms with Crippen molar-refractivity contribution in [1.29, 1.82) is 0 Å². The molecule has 1 aliphatic rings. The van der Waals surface area contributed by atoms with Crippen LogP contribution in [0, 0.1) is 6.92 Å². The van der Waals surface area contributed by atoms with Crippen LogP contribution in [0.2, 0.25) is 0 Å². The third-order valence-electron chi connectivity index (χ3n) is 4.94. The van der Waals surface area contributed by atoms with E-state index < -0.39 is 0 Å². The lowest BCUT2D eigenvalue weighted by Gasteiger charge is -2.11. The fraction of sp³-hybridized carbons (Fsp3) is 0.391. The molecule has 1 amide bonds. The second-order valence-corrected chi connectivity index (χ2v) is 7.13. The molecule has 1 N–H and O–H groups in total. The SMILES string of the molecule is CCCOc1ccc(NC(=O)CCC(=O)c2ccc3c(c2)CCC3)c(C)c1. The molecule has 3 rings (SSSR count). The highest BCUT2D eigenvalue weighted by atomic mass is 16.5. The number of hydrogen-bond donors (Lipinski definition) is 1. The van der Waals surface area contributed by atoms with Crippen molar-refractivity contribution in [3.05, 3.63) is 58.7 Å². The first kappa shape index (κ1) is 19.2. The van der Waals surface area contributed by atoms with Crippen LogP contribution < -0.4 is 10.1 Å². The molecule has 0 radical (unpaired) electrons. The normalized spacial score (nSPS) is 12.5. The summed E-state index contributed by atoms with van der Waals surface area (Å²) >= 11 is 0. The molecule has 0 fully saturated rings. The Morgan fingerprint density at radius 3 is 2.63 bits per heavy atom. The van der Waals surface area contributed by atoms with Gasteiger partial charge in [0.1, 0.15) is 5.75 Å². The Labute approximate surface area is 160 Å². The number of fused-ring (bicyclic) bond motifs is 1. The predicted octanol–water partition coefficient (Wildman–Crippen LogP) is 4.87. The van der Waals surface area contributed by atoms with E-state index in [1.54, 1.807) is 0 Å². The van der Waals surface area contributed by atoms with E-state index >= 15 is 0 Å². The van der Waals surface area contributed by atoms with Crippen LogP contribution in [0.25, 0.3) is 0 Å². The smallest absolute Gasteiger partial charge is 0.224 e. The van der Waals surface area contributed by atoms with Crippen LogP contribution in [0.15, 0.2) is 36.4 Å². The molecule has 0 spiro atoms. The molecule has 2 aromatic rings. The topological polar surface area (TPSA) is 55.4 Å². The average Bonchev–Trinajstić information content (AvgIpc) is 3.14. The molecule has 1 aliphatic carbocycles. The fourth-order valence-corrected chi connectivity index (χ4v) is 3.42. The standard InChI is InChI=1S/C23H27NO3/c1-3-13-27-20-9-10-21(16(2)14-20)24-23(26)12-11-22(25)19-8-7-17-5-4-6-18(17)15-19/h7-10,14-15H,3-6,11-13H2,1-2H3,(H,24,26). The van der Waals surface area contributed by atoms with Crippen LogP contribution in [0.3, 0.4) is 0 Å². The molecule has 4 nitrogen and oxygen atoms in total. The largest absolute Gasteiger partial charge is 0.494 e. The van der Waals surface area contributed by atoms with Crippen LogP contribution >= 0.6 is 0 Å². The Hall–Kier alpha value is -2.62. The van der Waals surface area contributed by atoms with E-state index in [4.69, 9.17) is 4.74 Å². The minimum Gasteiger partial charge on any atom is -0.494 e. The van der Waals surface area contributed by atoms with Crippen molar-refractivity contribution < 1.29 is 14.3 Å². The summed E-state index contributed by atoms with van der Waals surface area (Å²) in [4.78, 5) is 24.7. The van der Waals surface area contributed by atoms with Gasteiger partial charge in [0.15, 0.2) is 5.78 Å². The molecule has 0 heterocycles. The maximum Gasteiger partial charge on any atom is 0.224 e. The first-order valence-electron chi connectivity index (χ1n) is 9.75. The summed E-state index contributed by atoms with van der Waals surface area (Å²) < 4.78 is 5.60. The highest BCUT2D eigenvalue weighted by Crippen LogP contribution is 2.24. The zero-order chi connectivity index (χ0) is 19.2. The van der Waals surface area contributed by atoms with Crippen molar-refractivity contribution in [2.75, 3.05) is 11.9 Å². The Kier molecular flexibility index (Phi) is 6.28. The number of benzene rings is 2. The second kappa shape index (κ2) is 8.85. The van der Waals surface area contributed by atoms with E-state index in [0.717, 1.165) is 48.2 Å². The lowest BCUT2D eigenvalue weighted by atomic mass is 10.0. The van der Waals surface area contributed by atoms with Gasteiger partial charge in [0.25, 0.3) is 0 Å². The Balaban J connectivity index is 1.53. The van der Waals surface area contributed by atoms with Gasteiger partial charge in [0, 0.05) is 24.1 Å². The van der Waals surface area contributed by atoms with Crippen LogP contribution in [-0.2, 0) is 17.6 Å². The zero-order valence-corrected chi connectivity index (χ0v) is 16.1. The summed E-state index contributed by atoms with van der Waals surface area (Å²) in [6.45, 7) is 4.67. The number of anilines is 1. The van der Waals surface area contributed by atoms with E-state index in [2.05, 4.69) is 18.3 Å². The highest BCUT2D eigenvalue weighted by molar-refractivity contribution is 6.00. The molecule has 0 atom stereocenters. The summed E-state index contributed by atoms with van der Waals surface area (Å²) in [5, 5.41) is 2.90. The summed E-state index contributed by atoms with van der Waals surface area (Å²) in [6.07, 6.45) is 4.68. The van der Waals surface area contributed by atoms with Crippen LogP contribution in [0.1, 0.15) is 59.7 Å². The van der Waals surface area contributed by atoms with Crippen LogP contribution in [0.5, 0.6) is 5.75 Å². The molecule has 0 bridgehead atoms. The molecule has 0 saturated carbocycles. The maximum atomic E-state index is 12.4. The lowest BCUT2D eigenvalue weighted by molar-refractivity contribution is -0.116. The van der Waals surface area contributed by atoms with Gasteiger partial charge in [0.05, 0.1) is 6.61 Å². The van der Waals surface area contributed by atoms with E-state index in [1.807, 2.05) is 37.3 Å². The number of ether oxygens (including phenoxy) is 1. The van der Waals surface area contributed by atoms with E-state index in [9.17, 15) is 9.59 Å². The minimum atomic E-state index is -0.144. The average molecular weight is 365 g/mol. The minimum absolute atomic E-state index is 0.0277. The predicted molar refractivity (Wildman–Crippen MR) is 108 cm³/mol. The third kappa shape index (κ3) is 4.97. The number of carbonyl (C=O) groups is 2. The molecule has 0 aliphatic heterocycles. The Morgan fingerprint density at radius 1 is 1.04 bits per heavy atom. The zero-order valence-electron chi connectivity index (χ0n) is 16.1. The first-order valence-corrected chi connectivity index (χ1v) is 9.75. The van der Waals surface area contributed by atoms with Gasteiger partial charge >= 0.3 is 0 Å². The van der Waals surface area contributed by atoms with Crippen molar-refractivity contribution >= 4 is 17.4 Å². The molecule has 4 heteroatoms. The number of carbonyl (C=O) groups excluding carboxylic acids is 2. The summed E-state index contributed by atoms with van der Waals surface area (Å²) in [5.41, 5.74) is 5.06. The number of aryl methyl sites for hydroxylation is 3. The maximum absolute atomic E-state index is 12.4. The summed E-state index contributed by atoms with van der Waals surface area (Å²) in [6, 6.07) is 11.6. The van der Waals surface area contributed by atoms with Gasteiger partial charge in [-0.2, -0.15) is 0 Å².